The molecule has 0 atom stereocenters. The minimum atomic E-state index is 0.442. The summed E-state index contributed by atoms with van der Waals surface area (Å²) in [5, 5.41) is 0. The number of ether oxygens (including phenoxy) is 1. The van der Waals surface area contributed by atoms with Gasteiger partial charge in [0, 0.05) is 18.8 Å². The number of imidazole rings is 1. The molecule has 114 valence electrons. The molecule has 4 heteroatoms. The van der Waals surface area contributed by atoms with Crippen LogP contribution in [0.3, 0.4) is 0 Å². The maximum atomic E-state index is 5.97. The molecule has 0 saturated heterocycles. The number of hydrogen-bond donors (Lipinski definition) is 0. The van der Waals surface area contributed by atoms with Crippen LogP contribution in [-0.2, 0) is 13.0 Å². The van der Waals surface area contributed by atoms with Gasteiger partial charge >= 0.3 is 0 Å². The van der Waals surface area contributed by atoms with Crippen LogP contribution >= 0.6 is 11.6 Å². The smallest absolute Gasteiger partial charge is 0.146 e. The Morgan fingerprint density at radius 2 is 2.14 bits per heavy atom. The van der Waals surface area contributed by atoms with E-state index in [9.17, 15) is 0 Å². The molecule has 1 aliphatic rings. The second-order valence-electron chi connectivity index (χ2n) is 6.40. The molecular formula is C17H23ClN2O. The third-order valence-electron chi connectivity index (χ3n) is 4.95. The Morgan fingerprint density at radius 1 is 1.38 bits per heavy atom. The van der Waals surface area contributed by atoms with Crippen molar-refractivity contribution in [2.45, 2.75) is 39.7 Å². The van der Waals surface area contributed by atoms with Crippen molar-refractivity contribution in [3.63, 3.8) is 0 Å². The molecule has 2 aromatic rings. The molecule has 1 fully saturated rings. The summed E-state index contributed by atoms with van der Waals surface area (Å²) < 4.78 is 7.83. The number of benzene rings is 1. The molecule has 0 bridgehead atoms. The first-order chi connectivity index (χ1) is 10.1. The third kappa shape index (κ3) is 2.52. The Morgan fingerprint density at radius 3 is 2.71 bits per heavy atom. The average molecular weight is 307 g/mol. The minimum absolute atomic E-state index is 0.442. The highest BCUT2D eigenvalue weighted by Gasteiger charge is 2.46. The Kier molecular flexibility index (Phi) is 3.87. The zero-order valence-electron chi connectivity index (χ0n) is 13.0. The van der Waals surface area contributed by atoms with Crippen LogP contribution in [0.1, 0.15) is 32.5 Å². The van der Waals surface area contributed by atoms with Crippen molar-refractivity contribution in [1.29, 1.82) is 0 Å². The molecule has 1 aliphatic carbocycles. The van der Waals surface area contributed by atoms with Crippen molar-refractivity contribution in [1.82, 2.24) is 9.55 Å². The molecule has 0 aliphatic heterocycles. The van der Waals surface area contributed by atoms with E-state index in [0.717, 1.165) is 30.1 Å². The predicted octanol–water partition coefficient (Wildman–Crippen LogP) is 4.26. The van der Waals surface area contributed by atoms with Gasteiger partial charge in [0.1, 0.15) is 17.1 Å². The molecule has 0 radical (unpaired) electrons. The quantitative estimate of drug-likeness (QED) is 0.746. The van der Waals surface area contributed by atoms with Crippen LogP contribution in [-0.4, -0.2) is 22.5 Å². The maximum absolute atomic E-state index is 5.97. The summed E-state index contributed by atoms with van der Waals surface area (Å²) in [6.07, 6.45) is 3.43. The topological polar surface area (TPSA) is 27.1 Å². The van der Waals surface area contributed by atoms with Crippen molar-refractivity contribution in [2.24, 2.45) is 11.3 Å². The number of para-hydroxylation sites is 1. The molecule has 1 aromatic carbocycles. The first-order valence-electron chi connectivity index (χ1n) is 7.69. The molecule has 3 nitrogen and oxygen atoms in total. The molecule has 0 unspecified atom stereocenters. The van der Waals surface area contributed by atoms with Crippen molar-refractivity contribution >= 4 is 22.6 Å². The van der Waals surface area contributed by atoms with Crippen molar-refractivity contribution in [2.75, 3.05) is 13.0 Å². The van der Waals surface area contributed by atoms with Gasteiger partial charge in [0.05, 0.1) is 12.6 Å². The van der Waals surface area contributed by atoms with Crippen molar-refractivity contribution in [3.8, 4) is 5.75 Å². The van der Waals surface area contributed by atoms with Crippen LogP contribution in [0.2, 0.25) is 0 Å². The SMILES string of the molecule is COc1cccc2c1nc(CCCl)n2CC1(C(C)C)CC1. The highest BCUT2D eigenvalue weighted by molar-refractivity contribution is 6.17. The number of aryl methyl sites for hydroxylation is 1. The van der Waals surface area contributed by atoms with Gasteiger partial charge in [-0.15, -0.1) is 11.6 Å². The summed E-state index contributed by atoms with van der Waals surface area (Å²) in [6, 6.07) is 6.15. The second-order valence-corrected chi connectivity index (χ2v) is 6.78. The van der Waals surface area contributed by atoms with Crippen LogP contribution in [0.15, 0.2) is 18.2 Å². The summed E-state index contributed by atoms with van der Waals surface area (Å²) in [6.45, 7) is 5.70. The maximum Gasteiger partial charge on any atom is 0.146 e. The lowest BCUT2D eigenvalue weighted by Crippen LogP contribution is -2.19. The molecule has 0 spiro atoms. The first-order valence-corrected chi connectivity index (χ1v) is 8.23. The van der Waals surface area contributed by atoms with Gasteiger partial charge in [0.25, 0.3) is 0 Å². The fraction of sp³-hybridized carbons (Fsp3) is 0.588. The van der Waals surface area contributed by atoms with E-state index in [2.05, 4.69) is 24.5 Å². The molecule has 1 heterocycles. The Labute approximate surface area is 131 Å². The fourth-order valence-electron chi connectivity index (χ4n) is 3.18. The van der Waals surface area contributed by atoms with Gasteiger partial charge in [0.15, 0.2) is 0 Å². The lowest BCUT2D eigenvalue weighted by Gasteiger charge is -2.22. The number of aromatic nitrogens is 2. The van der Waals surface area contributed by atoms with E-state index < -0.39 is 0 Å². The van der Waals surface area contributed by atoms with Crippen LogP contribution < -0.4 is 4.74 Å². The van der Waals surface area contributed by atoms with E-state index in [0.29, 0.717) is 17.2 Å². The zero-order chi connectivity index (χ0) is 15.0. The summed E-state index contributed by atoms with van der Waals surface area (Å²) in [4.78, 5) is 4.80. The van der Waals surface area contributed by atoms with E-state index in [1.54, 1.807) is 7.11 Å². The van der Waals surface area contributed by atoms with Gasteiger partial charge in [-0.1, -0.05) is 19.9 Å². The number of nitrogens with zero attached hydrogens (tertiary/aromatic N) is 2. The van der Waals surface area contributed by atoms with Crippen molar-refractivity contribution < 1.29 is 4.74 Å². The Hall–Kier alpha value is -1.22. The monoisotopic (exact) mass is 306 g/mol. The minimum Gasteiger partial charge on any atom is -0.494 e. The number of fused-ring (bicyclic) bond motifs is 1. The fourth-order valence-corrected chi connectivity index (χ4v) is 3.35. The molecular weight excluding hydrogens is 284 g/mol. The van der Waals surface area contributed by atoms with E-state index in [1.807, 2.05) is 12.1 Å². The van der Waals surface area contributed by atoms with Crippen LogP contribution in [0.4, 0.5) is 0 Å². The third-order valence-corrected chi connectivity index (χ3v) is 5.14. The van der Waals surface area contributed by atoms with Crippen LogP contribution in [0.25, 0.3) is 11.0 Å². The molecule has 21 heavy (non-hydrogen) atoms. The second kappa shape index (κ2) is 5.53. The molecule has 0 N–H and O–H groups in total. The molecule has 1 aromatic heterocycles. The first kappa shape index (κ1) is 14.7. The normalized spacial score (nSPS) is 16.6. The van der Waals surface area contributed by atoms with Gasteiger partial charge in [-0.2, -0.15) is 0 Å². The lowest BCUT2D eigenvalue weighted by atomic mass is 9.92. The molecule has 0 amide bonds. The summed E-state index contributed by atoms with van der Waals surface area (Å²) in [5.41, 5.74) is 2.57. The van der Waals surface area contributed by atoms with Gasteiger partial charge in [-0.3, -0.25) is 0 Å². The Balaban J connectivity index is 2.08. The average Bonchev–Trinajstić information content (AvgIpc) is 3.18. The standard InChI is InChI=1S/C17H23ClN2O/c1-12(2)17(8-9-17)11-20-13-5-4-6-14(21-3)16(13)19-15(20)7-10-18/h4-6,12H,7-11H2,1-3H3. The number of alkyl halides is 1. The number of rotatable bonds is 6. The summed E-state index contributed by atoms with van der Waals surface area (Å²) in [7, 11) is 1.70. The number of hydrogen-bond acceptors (Lipinski definition) is 2. The number of methoxy groups -OCH3 is 1. The van der Waals surface area contributed by atoms with E-state index >= 15 is 0 Å². The van der Waals surface area contributed by atoms with Gasteiger partial charge in [0.2, 0.25) is 0 Å². The van der Waals surface area contributed by atoms with E-state index in [-0.39, 0.29) is 0 Å². The van der Waals surface area contributed by atoms with E-state index in [4.69, 9.17) is 21.3 Å². The Bertz CT molecular complexity index is 644. The van der Waals surface area contributed by atoms with Gasteiger partial charge in [-0.25, -0.2) is 4.98 Å². The summed E-state index contributed by atoms with van der Waals surface area (Å²) in [5.74, 6) is 3.22. The molecule has 1 saturated carbocycles. The lowest BCUT2D eigenvalue weighted by molar-refractivity contribution is 0.309. The zero-order valence-corrected chi connectivity index (χ0v) is 13.8. The van der Waals surface area contributed by atoms with E-state index in [1.165, 1.54) is 18.4 Å². The van der Waals surface area contributed by atoms with Gasteiger partial charge in [-0.05, 0) is 36.3 Å². The molecule has 3 rings (SSSR count). The van der Waals surface area contributed by atoms with Crippen molar-refractivity contribution in [3.05, 3.63) is 24.0 Å². The summed E-state index contributed by atoms with van der Waals surface area (Å²) >= 11 is 5.97. The van der Waals surface area contributed by atoms with Crippen LogP contribution in [0, 0.1) is 11.3 Å². The highest BCUT2D eigenvalue weighted by atomic mass is 35.5. The number of halogens is 1. The van der Waals surface area contributed by atoms with Gasteiger partial charge < -0.3 is 9.30 Å². The highest BCUT2D eigenvalue weighted by Crippen LogP contribution is 2.53. The largest absolute Gasteiger partial charge is 0.494 e. The van der Waals surface area contributed by atoms with Crippen LogP contribution in [0.5, 0.6) is 5.75 Å². The predicted molar refractivity (Wildman–Crippen MR) is 87.2 cm³/mol.